The van der Waals surface area contributed by atoms with Gasteiger partial charge in [-0.1, -0.05) is 17.7 Å². The molecule has 2 aromatic carbocycles. The molecule has 2 amide bonds. The summed E-state index contributed by atoms with van der Waals surface area (Å²) in [6.07, 6.45) is 1.15. The minimum atomic E-state index is -0.963. The number of rotatable bonds is 7. The van der Waals surface area contributed by atoms with Crippen molar-refractivity contribution in [2.24, 2.45) is 5.41 Å². The van der Waals surface area contributed by atoms with E-state index in [-0.39, 0.29) is 11.8 Å². The van der Waals surface area contributed by atoms with E-state index in [1.165, 1.54) is 0 Å². The largest absolute Gasteiger partial charge is 0.372 e. The van der Waals surface area contributed by atoms with Crippen molar-refractivity contribution in [3.05, 3.63) is 53.6 Å². The fraction of sp³-hybridized carbons (Fsp3) is 0.391. The van der Waals surface area contributed by atoms with Gasteiger partial charge in [0.1, 0.15) is 5.41 Å². The van der Waals surface area contributed by atoms with Crippen molar-refractivity contribution < 1.29 is 9.59 Å². The highest BCUT2D eigenvalue weighted by atomic mass is 16.2. The molecule has 5 heteroatoms. The summed E-state index contributed by atoms with van der Waals surface area (Å²) in [6, 6.07) is 13.6. The summed E-state index contributed by atoms with van der Waals surface area (Å²) in [7, 11) is 0. The van der Waals surface area contributed by atoms with Crippen molar-refractivity contribution in [2.75, 3.05) is 28.6 Å². The third kappa shape index (κ3) is 4.03. The van der Waals surface area contributed by atoms with Gasteiger partial charge in [-0.15, -0.1) is 0 Å². The van der Waals surface area contributed by atoms with Crippen molar-refractivity contribution in [2.45, 2.75) is 40.5 Å². The van der Waals surface area contributed by atoms with E-state index < -0.39 is 5.41 Å². The van der Waals surface area contributed by atoms with Crippen molar-refractivity contribution in [1.29, 1.82) is 0 Å². The van der Waals surface area contributed by atoms with Crippen molar-refractivity contribution in [3.8, 4) is 0 Å². The summed E-state index contributed by atoms with van der Waals surface area (Å²) in [5.41, 5.74) is 3.77. The van der Waals surface area contributed by atoms with Crippen LogP contribution in [-0.2, 0) is 9.59 Å². The summed E-state index contributed by atoms with van der Waals surface area (Å²) < 4.78 is 0. The Bertz CT molecular complexity index is 866. The van der Waals surface area contributed by atoms with Crippen LogP contribution >= 0.6 is 0 Å². The second-order valence-electron chi connectivity index (χ2n) is 7.53. The first-order chi connectivity index (χ1) is 13.4. The highest BCUT2D eigenvalue weighted by Crippen LogP contribution is 2.47. The van der Waals surface area contributed by atoms with Gasteiger partial charge in [-0.2, -0.15) is 0 Å². The van der Waals surface area contributed by atoms with Crippen LogP contribution < -0.4 is 15.5 Å². The second kappa shape index (κ2) is 8.05. The Morgan fingerprint density at radius 3 is 2.07 bits per heavy atom. The Balaban J connectivity index is 1.70. The Morgan fingerprint density at radius 2 is 1.54 bits per heavy atom. The molecule has 0 bridgehead atoms. The zero-order valence-electron chi connectivity index (χ0n) is 17.1. The van der Waals surface area contributed by atoms with Crippen LogP contribution in [0.1, 0.15) is 37.8 Å². The van der Waals surface area contributed by atoms with Gasteiger partial charge in [0.25, 0.3) is 0 Å². The Labute approximate surface area is 167 Å². The Morgan fingerprint density at radius 1 is 0.929 bits per heavy atom. The number of benzene rings is 2. The first-order valence-corrected chi connectivity index (χ1v) is 9.95. The normalized spacial score (nSPS) is 14.3. The number of nitrogens with one attached hydrogen (secondary N) is 2. The number of hydrogen-bond acceptors (Lipinski definition) is 3. The smallest absolute Gasteiger partial charge is 0.240 e. The minimum absolute atomic E-state index is 0.226. The van der Waals surface area contributed by atoms with Crippen LogP contribution in [0.4, 0.5) is 17.1 Å². The molecule has 0 saturated heterocycles. The van der Waals surface area contributed by atoms with Gasteiger partial charge in [-0.3, -0.25) is 9.59 Å². The first-order valence-electron chi connectivity index (χ1n) is 9.95. The number of aryl methyl sites for hydroxylation is 2. The molecule has 148 valence electrons. The molecule has 0 aliphatic heterocycles. The molecule has 28 heavy (non-hydrogen) atoms. The van der Waals surface area contributed by atoms with E-state index in [1.807, 2.05) is 50.2 Å². The van der Waals surface area contributed by atoms with E-state index in [1.54, 1.807) is 0 Å². The summed E-state index contributed by atoms with van der Waals surface area (Å²) in [5.74, 6) is -0.456. The molecule has 1 aliphatic rings. The summed E-state index contributed by atoms with van der Waals surface area (Å²) >= 11 is 0. The molecule has 5 nitrogen and oxygen atoms in total. The third-order valence-electron chi connectivity index (χ3n) is 5.52. The number of anilines is 3. The fourth-order valence-electron chi connectivity index (χ4n) is 3.39. The summed E-state index contributed by atoms with van der Waals surface area (Å²) in [4.78, 5) is 27.9. The lowest BCUT2D eigenvalue weighted by Gasteiger charge is -2.22. The molecule has 0 spiro atoms. The highest BCUT2D eigenvalue weighted by molar-refractivity contribution is 6.17. The molecule has 2 aromatic rings. The predicted octanol–water partition coefficient (Wildman–Crippen LogP) is 4.51. The Hall–Kier alpha value is -2.82. The zero-order valence-corrected chi connectivity index (χ0v) is 17.1. The molecule has 1 aliphatic carbocycles. The van der Waals surface area contributed by atoms with Crippen LogP contribution in [0.5, 0.6) is 0 Å². The van der Waals surface area contributed by atoms with Gasteiger partial charge < -0.3 is 15.5 Å². The highest BCUT2D eigenvalue weighted by Gasteiger charge is 2.56. The maximum absolute atomic E-state index is 12.9. The lowest BCUT2D eigenvalue weighted by molar-refractivity contribution is -0.131. The SMILES string of the molecule is CCN(CC)c1ccc(NC(=O)C2(C(=O)Nc3ccc(C)cc3)CC2)c(C)c1. The van der Waals surface area contributed by atoms with Gasteiger partial charge >= 0.3 is 0 Å². The predicted molar refractivity (Wildman–Crippen MR) is 115 cm³/mol. The lowest BCUT2D eigenvalue weighted by Crippen LogP contribution is -2.35. The van der Waals surface area contributed by atoms with E-state index in [2.05, 4.69) is 35.4 Å². The molecular formula is C23H29N3O2. The monoisotopic (exact) mass is 379 g/mol. The average Bonchev–Trinajstić information content (AvgIpc) is 3.49. The first kappa shape index (κ1) is 19.9. The minimum Gasteiger partial charge on any atom is -0.372 e. The standard InChI is InChI=1S/C23H29N3O2/c1-5-26(6-2)19-11-12-20(17(4)15-19)25-22(28)23(13-14-23)21(27)24-18-9-7-16(3)8-10-18/h7-12,15H,5-6,13-14H2,1-4H3,(H,24,27)(H,25,28). The van der Waals surface area contributed by atoms with Crippen LogP contribution in [0.3, 0.4) is 0 Å². The van der Waals surface area contributed by atoms with E-state index in [0.717, 1.165) is 41.3 Å². The van der Waals surface area contributed by atoms with Gasteiger partial charge in [0, 0.05) is 30.2 Å². The molecule has 0 heterocycles. The number of amides is 2. The van der Waals surface area contributed by atoms with E-state index in [9.17, 15) is 9.59 Å². The number of nitrogens with zero attached hydrogens (tertiary/aromatic N) is 1. The molecule has 1 saturated carbocycles. The molecule has 3 rings (SSSR count). The second-order valence-corrected chi connectivity index (χ2v) is 7.53. The third-order valence-corrected chi connectivity index (χ3v) is 5.52. The van der Waals surface area contributed by atoms with Crippen LogP contribution in [0, 0.1) is 19.3 Å². The molecule has 0 aromatic heterocycles. The quantitative estimate of drug-likeness (QED) is 0.696. The lowest BCUT2D eigenvalue weighted by atomic mass is 10.0. The number of carbonyl (C=O) groups is 2. The average molecular weight is 380 g/mol. The van der Waals surface area contributed by atoms with Gasteiger partial charge in [0.15, 0.2) is 0 Å². The Kier molecular flexibility index (Phi) is 5.73. The maximum Gasteiger partial charge on any atom is 0.240 e. The van der Waals surface area contributed by atoms with Crippen molar-refractivity contribution in [3.63, 3.8) is 0 Å². The molecule has 0 unspecified atom stereocenters. The number of carbonyl (C=O) groups excluding carboxylic acids is 2. The molecule has 0 atom stereocenters. The molecule has 1 fully saturated rings. The molecule has 2 N–H and O–H groups in total. The van der Waals surface area contributed by atoms with Crippen molar-refractivity contribution >= 4 is 28.9 Å². The van der Waals surface area contributed by atoms with Gasteiger partial charge in [-0.05, 0) is 76.4 Å². The van der Waals surface area contributed by atoms with Crippen LogP contribution in [0.2, 0.25) is 0 Å². The van der Waals surface area contributed by atoms with Crippen molar-refractivity contribution in [1.82, 2.24) is 0 Å². The summed E-state index contributed by atoms with van der Waals surface area (Å²) in [5, 5.41) is 5.86. The number of hydrogen-bond donors (Lipinski definition) is 2. The molecular weight excluding hydrogens is 350 g/mol. The van der Waals surface area contributed by atoms with E-state index in [4.69, 9.17) is 0 Å². The zero-order chi connectivity index (χ0) is 20.3. The van der Waals surface area contributed by atoms with E-state index >= 15 is 0 Å². The maximum atomic E-state index is 12.9. The van der Waals surface area contributed by atoms with Gasteiger partial charge in [0.2, 0.25) is 11.8 Å². The van der Waals surface area contributed by atoms with Crippen LogP contribution in [-0.4, -0.2) is 24.9 Å². The van der Waals surface area contributed by atoms with Gasteiger partial charge in [-0.25, -0.2) is 0 Å². The van der Waals surface area contributed by atoms with Crippen LogP contribution in [0.25, 0.3) is 0 Å². The summed E-state index contributed by atoms with van der Waals surface area (Å²) in [6.45, 7) is 10.1. The molecule has 0 radical (unpaired) electrons. The topological polar surface area (TPSA) is 61.4 Å². The van der Waals surface area contributed by atoms with Crippen LogP contribution in [0.15, 0.2) is 42.5 Å². The fourth-order valence-corrected chi connectivity index (χ4v) is 3.39. The van der Waals surface area contributed by atoms with E-state index in [0.29, 0.717) is 12.8 Å². The van der Waals surface area contributed by atoms with Gasteiger partial charge in [0.05, 0.1) is 0 Å².